The quantitative estimate of drug-likeness (QED) is 0.530. The number of rotatable bonds is 6. The second-order valence-electron chi connectivity index (χ2n) is 5.56. The van der Waals surface area contributed by atoms with E-state index in [0.717, 1.165) is 0 Å². The highest BCUT2D eigenvalue weighted by molar-refractivity contribution is 7.89. The van der Waals surface area contributed by atoms with Crippen molar-refractivity contribution >= 4 is 56.4 Å². The van der Waals surface area contributed by atoms with Gasteiger partial charge in [-0.3, -0.25) is 4.90 Å². The highest BCUT2D eigenvalue weighted by Crippen LogP contribution is 2.38. The van der Waals surface area contributed by atoms with Crippen LogP contribution in [0, 0.1) is 0 Å². The van der Waals surface area contributed by atoms with Crippen molar-refractivity contribution in [1.29, 1.82) is 0 Å². The molecular weight excluding hydrogens is 426 g/mol. The molecule has 0 aliphatic carbocycles. The van der Waals surface area contributed by atoms with Gasteiger partial charge in [0.15, 0.2) is 5.00 Å². The third-order valence-corrected chi connectivity index (χ3v) is 7.14. The van der Waals surface area contributed by atoms with Gasteiger partial charge in [0.05, 0.1) is 14.9 Å². The third-order valence-electron chi connectivity index (χ3n) is 3.46. The molecular formula is C16H16Cl4N2O2S. The molecule has 4 nitrogen and oxygen atoms in total. The number of sulfonamides is 1. The van der Waals surface area contributed by atoms with E-state index >= 15 is 0 Å². The van der Waals surface area contributed by atoms with Crippen LogP contribution in [0.25, 0.3) is 0 Å². The minimum absolute atomic E-state index is 0.0720. The van der Waals surface area contributed by atoms with Gasteiger partial charge in [-0.15, -0.1) is 11.6 Å². The maximum absolute atomic E-state index is 12.8. The van der Waals surface area contributed by atoms with Gasteiger partial charge in [0, 0.05) is 0 Å². The summed E-state index contributed by atoms with van der Waals surface area (Å²) in [5.74, 6) is 0. The SMILES string of the molecule is CN(C)C(Cl)C(Cl)(NS(=O)(=O)c1ccccc1)c1ccc(Cl)c(Cl)c1. The molecule has 0 bridgehead atoms. The summed E-state index contributed by atoms with van der Waals surface area (Å²) >= 11 is 25.1. The minimum atomic E-state index is -3.94. The maximum Gasteiger partial charge on any atom is 0.242 e. The molecule has 2 unspecified atom stereocenters. The average Bonchev–Trinajstić information content (AvgIpc) is 2.56. The van der Waals surface area contributed by atoms with Gasteiger partial charge < -0.3 is 0 Å². The first-order chi connectivity index (χ1) is 11.6. The summed E-state index contributed by atoms with van der Waals surface area (Å²) in [7, 11) is -0.569. The Morgan fingerprint density at radius 2 is 1.64 bits per heavy atom. The van der Waals surface area contributed by atoms with Crippen LogP contribution < -0.4 is 4.72 Å². The molecule has 1 N–H and O–H groups in total. The Balaban J connectivity index is 2.55. The first-order valence-corrected chi connectivity index (χ1v) is 10.2. The Bertz CT molecular complexity index is 846. The van der Waals surface area contributed by atoms with Crippen molar-refractivity contribution in [3.63, 3.8) is 0 Å². The van der Waals surface area contributed by atoms with E-state index in [1.54, 1.807) is 43.3 Å². The van der Waals surface area contributed by atoms with Crippen molar-refractivity contribution < 1.29 is 8.42 Å². The second-order valence-corrected chi connectivity index (χ2v) is 9.06. The molecule has 0 aliphatic heterocycles. The molecule has 2 rings (SSSR count). The van der Waals surface area contributed by atoms with E-state index in [1.807, 2.05) is 0 Å². The molecule has 0 spiro atoms. The topological polar surface area (TPSA) is 49.4 Å². The number of benzene rings is 2. The lowest BCUT2D eigenvalue weighted by Gasteiger charge is -2.36. The van der Waals surface area contributed by atoms with Crippen molar-refractivity contribution in [2.24, 2.45) is 0 Å². The number of hydrogen-bond donors (Lipinski definition) is 1. The van der Waals surface area contributed by atoms with Crippen LogP contribution in [0.3, 0.4) is 0 Å². The molecule has 2 atom stereocenters. The van der Waals surface area contributed by atoms with Crippen LogP contribution in [0.1, 0.15) is 5.56 Å². The van der Waals surface area contributed by atoms with Crippen molar-refractivity contribution in [3.05, 3.63) is 64.1 Å². The third kappa shape index (κ3) is 4.61. The molecule has 0 amide bonds. The van der Waals surface area contributed by atoms with Crippen molar-refractivity contribution in [2.45, 2.75) is 15.4 Å². The average molecular weight is 442 g/mol. The molecule has 25 heavy (non-hydrogen) atoms. The molecule has 9 heteroatoms. The van der Waals surface area contributed by atoms with Crippen LogP contribution >= 0.6 is 46.4 Å². The van der Waals surface area contributed by atoms with Crippen LogP contribution in [-0.2, 0) is 15.0 Å². The van der Waals surface area contributed by atoms with E-state index in [0.29, 0.717) is 10.6 Å². The van der Waals surface area contributed by atoms with E-state index < -0.39 is 20.5 Å². The zero-order valence-corrected chi connectivity index (χ0v) is 17.2. The molecule has 0 aromatic heterocycles. The van der Waals surface area contributed by atoms with Crippen molar-refractivity contribution in [3.8, 4) is 0 Å². The normalized spacial score (nSPS) is 15.8. The van der Waals surface area contributed by atoms with Gasteiger partial charge in [0.1, 0.15) is 5.50 Å². The summed E-state index contributed by atoms with van der Waals surface area (Å²) in [5, 5.41) is 0.567. The van der Waals surface area contributed by atoms with Gasteiger partial charge in [-0.05, 0) is 43.9 Å². The molecule has 136 valence electrons. The number of nitrogens with one attached hydrogen (secondary N) is 1. The number of halogens is 4. The monoisotopic (exact) mass is 440 g/mol. The van der Waals surface area contributed by atoms with E-state index in [9.17, 15) is 8.42 Å². The van der Waals surface area contributed by atoms with Gasteiger partial charge >= 0.3 is 0 Å². The van der Waals surface area contributed by atoms with Crippen LogP contribution in [0.4, 0.5) is 0 Å². The van der Waals surface area contributed by atoms with E-state index in [2.05, 4.69) is 4.72 Å². The Kier molecular flexibility index (Phi) is 6.65. The van der Waals surface area contributed by atoms with Crippen LogP contribution in [0.2, 0.25) is 10.0 Å². The molecule has 0 saturated carbocycles. The number of nitrogens with zero attached hydrogens (tertiary/aromatic N) is 1. The van der Waals surface area contributed by atoms with Gasteiger partial charge in [-0.2, -0.15) is 4.72 Å². The Morgan fingerprint density at radius 3 is 2.16 bits per heavy atom. The summed E-state index contributed by atoms with van der Waals surface area (Å²) < 4.78 is 28.0. The summed E-state index contributed by atoms with van der Waals surface area (Å²) in [6.45, 7) is 0. The summed E-state index contributed by atoms with van der Waals surface area (Å²) in [6, 6.07) is 12.5. The van der Waals surface area contributed by atoms with Crippen LogP contribution in [0.5, 0.6) is 0 Å². The highest BCUT2D eigenvalue weighted by Gasteiger charge is 2.43. The first-order valence-electron chi connectivity index (χ1n) is 7.12. The predicted octanol–water partition coefficient (Wildman–Crippen LogP) is 4.49. The van der Waals surface area contributed by atoms with Gasteiger partial charge in [-0.1, -0.05) is 59.1 Å². The summed E-state index contributed by atoms with van der Waals surface area (Å²) in [4.78, 5) is -0.0128. The summed E-state index contributed by atoms with van der Waals surface area (Å²) in [5.41, 5.74) is -0.540. The van der Waals surface area contributed by atoms with Crippen LogP contribution in [-0.4, -0.2) is 32.9 Å². The zero-order chi connectivity index (χ0) is 18.8. The lowest BCUT2D eigenvalue weighted by molar-refractivity contribution is 0.297. The first kappa shape index (κ1) is 20.8. The molecule has 2 aromatic carbocycles. The fourth-order valence-electron chi connectivity index (χ4n) is 2.18. The van der Waals surface area contributed by atoms with E-state index in [4.69, 9.17) is 46.4 Å². The largest absolute Gasteiger partial charge is 0.291 e. The predicted molar refractivity (Wildman–Crippen MR) is 104 cm³/mol. The van der Waals surface area contributed by atoms with Crippen LogP contribution in [0.15, 0.2) is 53.4 Å². The standard InChI is InChI=1S/C16H16Cl4N2O2S/c1-22(2)15(19)16(20,11-8-9-13(17)14(18)10-11)21-25(23,24)12-6-4-3-5-7-12/h3-10,15,21H,1-2H3. The van der Waals surface area contributed by atoms with Crippen molar-refractivity contribution in [1.82, 2.24) is 9.62 Å². The van der Waals surface area contributed by atoms with E-state index in [-0.39, 0.29) is 9.92 Å². The molecule has 0 radical (unpaired) electrons. The maximum atomic E-state index is 12.8. The smallest absolute Gasteiger partial charge is 0.242 e. The molecule has 0 saturated heterocycles. The molecule has 2 aromatic rings. The van der Waals surface area contributed by atoms with E-state index in [1.165, 1.54) is 24.3 Å². The summed E-state index contributed by atoms with van der Waals surface area (Å²) in [6.07, 6.45) is 0. The lowest BCUT2D eigenvalue weighted by atomic mass is 10.1. The Hall–Kier alpha value is -0.530. The molecule has 0 heterocycles. The fourth-order valence-corrected chi connectivity index (χ4v) is 4.59. The molecule has 0 fully saturated rings. The highest BCUT2D eigenvalue weighted by atomic mass is 35.5. The Morgan fingerprint density at radius 1 is 1.04 bits per heavy atom. The number of likely N-dealkylation sites (N-methyl/N-ethyl adjacent to an activating group) is 1. The van der Waals surface area contributed by atoms with Gasteiger partial charge in [0.2, 0.25) is 10.0 Å². The Labute approximate surface area is 167 Å². The number of alkyl halides is 2. The molecule has 0 aliphatic rings. The van der Waals surface area contributed by atoms with Crippen molar-refractivity contribution in [2.75, 3.05) is 14.1 Å². The second kappa shape index (κ2) is 8.01. The minimum Gasteiger partial charge on any atom is -0.291 e. The fraction of sp³-hybridized carbons (Fsp3) is 0.250. The lowest BCUT2D eigenvalue weighted by Crippen LogP contribution is -2.52. The van der Waals surface area contributed by atoms with Gasteiger partial charge in [-0.25, -0.2) is 8.42 Å². The van der Waals surface area contributed by atoms with Gasteiger partial charge in [0.25, 0.3) is 0 Å². The zero-order valence-electron chi connectivity index (χ0n) is 13.4. The number of hydrogen-bond acceptors (Lipinski definition) is 3.